The van der Waals surface area contributed by atoms with Crippen molar-refractivity contribution in [2.45, 2.75) is 12.1 Å². The van der Waals surface area contributed by atoms with Crippen LogP contribution >= 0.6 is 22.9 Å². The molecular formula is C24H23ClN4O2S. The Morgan fingerprint density at radius 3 is 2.56 bits per heavy atom. The molecular weight excluding hydrogens is 444 g/mol. The highest BCUT2D eigenvalue weighted by molar-refractivity contribution is 7.22. The van der Waals surface area contributed by atoms with Gasteiger partial charge >= 0.3 is 0 Å². The first-order chi connectivity index (χ1) is 15.4. The summed E-state index contributed by atoms with van der Waals surface area (Å²) in [5.41, 5.74) is 1.69. The highest BCUT2D eigenvalue weighted by Gasteiger charge is 2.33. The zero-order valence-corrected chi connectivity index (χ0v) is 19.3. The summed E-state index contributed by atoms with van der Waals surface area (Å²) >= 11 is 7.48. The molecule has 4 aromatic rings. The molecule has 2 atom stereocenters. The Labute approximate surface area is 194 Å². The number of anilines is 1. The van der Waals surface area contributed by atoms with Crippen molar-refractivity contribution in [2.75, 3.05) is 32.1 Å². The normalized spacial score (nSPS) is 18.7. The van der Waals surface area contributed by atoms with Gasteiger partial charge in [0.25, 0.3) is 5.56 Å². The number of aliphatic hydroxyl groups excluding tert-OH is 1. The third kappa shape index (κ3) is 3.82. The predicted molar refractivity (Wildman–Crippen MR) is 131 cm³/mol. The van der Waals surface area contributed by atoms with Gasteiger partial charge in [0, 0.05) is 34.6 Å². The lowest BCUT2D eigenvalue weighted by Crippen LogP contribution is -2.38. The Kier molecular flexibility index (Phi) is 5.51. The molecule has 0 spiro atoms. The minimum Gasteiger partial charge on any atom is -0.390 e. The molecule has 164 valence electrons. The fourth-order valence-corrected chi connectivity index (χ4v) is 5.38. The van der Waals surface area contributed by atoms with Crippen molar-refractivity contribution < 1.29 is 5.11 Å². The number of likely N-dealkylation sites (N-methyl/N-ethyl adjacent to an activating group) is 1. The van der Waals surface area contributed by atoms with Crippen molar-refractivity contribution in [2.24, 2.45) is 0 Å². The number of aromatic nitrogens is 2. The molecule has 1 saturated heterocycles. The van der Waals surface area contributed by atoms with Gasteiger partial charge in [0.15, 0.2) is 0 Å². The molecule has 1 aliphatic rings. The molecule has 3 aromatic heterocycles. The Balaban J connectivity index is 1.44. The van der Waals surface area contributed by atoms with Crippen LogP contribution in [0.25, 0.3) is 26.2 Å². The van der Waals surface area contributed by atoms with Gasteiger partial charge < -0.3 is 14.9 Å². The Morgan fingerprint density at radius 2 is 1.91 bits per heavy atom. The van der Waals surface area contributed by atoms with Crippen molar-refractivity contribution >= 4 is 38.8 Å². The van der Waals surface area contributed by atoms with E-state index in [1.807, 2.05) is 67.5 Å². The SMILES string of the molecule is CN(C)[C@@H]1CN(c2ccc(-n3ccc4cc(-c5ccc(Cl)cc5)sc4c3=O)cn2)C[C@H]1O. The van der Waals surface area contributed by atoms with Crippen molar-refractivity contribution in [1.29, 1.82) is 0 Å². The molecule has 0 bridgehead atoms. The number of β-amino-alcohol motifs (C(OH)–C–C–N with tert-alkyl or cyclic N) is 1. The van der Waals surface area contributed by atoms with Gasteiger partial charge in [-0.15, -0.1) is 11.3 Å². The number of hydrogen-bond donors (Lipinski definition) is 1. The molecule has 5 rings (SSSR count). The van der Waals surface area contributed by atoms with Crippen LogP contribution in [0, 0.1) is 0 Å². The lowest BCUT2D eigenvalue weighted by Gasteiger charge is -2.21. The molecule has 6 nitrogen and oxygen atoms in total. The van der Waals surface area contributed by atoms with Gasteiger partial charge in [-0.2, -0.15) is 0 Å². The quantitative estimate of drug-likeness (QED) is 0.494. The van der Waals surface area contributed by atoms with E-state index in [4.69, 9.17) is 11.6 Å². The summed E-state index contributed by atoms with van der Waals surface area (Å²) in [6, 6.07) is 15.5. The van der Waals surface area contributed by atoms with Crippen LogP contribution in [0.1, 0.15) is 0 Å². The first kappa shape index (κ1) is 21.2. The van der Waals surface area contributed by atoms with E-state index in [-0.39, 0.29) is 11.6 Å². The summed E-state index contributed by atoms with van der Waals surface area (Å²) in [5, 5.41) is 11.9. The Morgan fingerprint density at radius 1 is 1.12 bits per heavy atom. The summed E-state index contributed by atoms with van der Waals surface area (Å²) in [7, 11) is 3.94. The first-order valence-electron chi connectivity index (χ1n) is 10.4. The Bertz CT molecular complexity index is 1310. The molecule has 0 radical (unpaired) electrons. The minimum atomic E-state index is -0.412. The average Bonchev–Trinajstić information content (AvgIpc) is 3.39. The lowest BCUT2D eigenvalue weighted by atomic mass is 10.2. The summed E-state index contributed by atoms with van der Waals surface area (Å²) in [6.07, 6.45) is 3.10. The number of benzene rings is 1. The predicted octanol–water partition coefficient (Wildman–Crippen LogP) is 3.88. The van der Waals surface area contributed by atoms with Crippen LogP contribution in [0.2, 0.25) is 5.02 Å². The van der Waals surface area contributed by atoms with Crippen LogP contribution in [0.5, 0.6) is 0 Å². The molecule has 1 fully saturated rings. The van der Waals surface area contributed by atoms with Crippen LogP contribution in [-0.4, -0.2) is 58.9 Å². The maximum atomic E-state index is 13.2. The lowest BCUT2D eigenvalue weighted by molar-refractivity contribution is 0.114. The first-order valence-corrected chi connectivity index (χ1v) is 11.6. The third-order valence-electron chi connectivity index (χ3n) is 5.96. The van der Waals surface area contributed by atoms with Gasteiger partial charge in [0.1, 0.15) is 10.5 Å². The molecule has 0 aliphatic carbocycles. The van der Waals surface area contributed by atoms with E-state index in [1.165, 1.54) is 11.3 Å². The van der Waals surface area contributed by atoms with E-state index < -0.39 is 6.10 Å². The second-order valence-electron chi connectivity index (χ2n) is 8.27. The number of hydrogen-bond acceptors (Lipinski definition) is 6. The van der Waals surface area contributed by atoms with E-state index in [2.05, 4.69) is 9.88 Å². The Hall–Kier alpha value is -2.71. The molecule has 1 aromatic carbocycles. The number of aliphatic hydroxyl groups is 1. The number of nitrogens with zero attached hydrogens (tertiary/aromatic N) is 4. The molecule has 8 heteroatoms. The zero-order valence-electron chi connectivity index (χ0n) is 17.8. The van der Waals surface area contributed by atoms with Crippen LogP contribution in [0.15, 0.2) is 65.7 Å². The monoisotopic (exact) mass is 466 g/mol. The van der Waals surface area contributed by atoms with Crippen molar-refractivity contribution in [1.82, 2.24) is 14.5 Å². The highest BCUT2D eigenvalue weighted by atomic mass is 35.5. The van der Waals surface area contributed by atoms with Gasteiger partial charge in [-0.05, 0) is 56.1 Å². The smallest absolute Gasteiger partial charge is 0.273 e. The fourth-order valence-electron chi connectivity index (χ4n) is 4.16. The van der Waals surface area contributed by atoms with Crippen LogP contribution in [0.4, 0.5) is 5.82 Å². The third-order valence-corrected chi connectivity index (χ3v) is 7.40. The van der Waals surface area contributed by atoms with Gasteiger partial charge in [-0.1, -0.05) is 23.7 Å². The average molecular weight is 467 g/mol. The standard InChI is InChI=1S/C24H23ClN4O2S/c1-27(2)19-13-28(14-20(19)30)22-8-7-18(12-26-22)29-10-9-16-11-21(32-23(16)24(29)31)15-3-5-17(25)6-4-15/h3-12,19-20,30H,13-14H2,1-2H3/t19-,20-/m1/s1. The van der Waals surface area contributed by atoms with Crippen LogP contribution in [0.3, 0.4) is 0 Å². The fraction of sp³-hybridized carbons (Fsp3) is 0.250. The van der Waals surface area contributed by atoms with E-state index in [0.717, 1.165) is 28.2 Å². The summed E-state index contributed by atoms with van der Waals surface area (Å²) < 4.78 is 2.33. The highest BCUT2D eigenvalue weighted by Crippen LogP contribution is 2.32. The van der Waals surface area contributed by atoms with Gasteiger partial charge in [-0.25, -0.2) is 4.98 Å². The largest absolute Gasteiger partial charge is 0.390 e. The second kappa shape index (κ2) is 8.33. The maximum Gasteiger partial charge on any atom is 0.273 e. The molecule has 0 unspecified atom stereocenters. The topological polar surface area (TPSA) is 61.6 Å². The minimum absolute atomic E-state index is 0.0634. The number of pyridine rings is 2. The summed E-state index contributed by atoms with van der Waals surface area (Å²) in [4.78, 5) is 22.9. The van der Waals surface area contributed by atoms with E-state index in [9.17, 15) is 9.90 Å². The van der Waals surface area contributed by atoms with E-state index in [1.54, 1.807) is 17.0 Å². The molecule has 0 amide bonds. The van der Waals surface area contributed by atoms with Gasteiger partial charge in [0.05, 0.1) is 24.0 Å². The maximum absolute atomic E-state index is 13.2. The molecule has 1 aliphatic heterocycles. The molecule has 32 heavy (non-hydrogen) atoms. The second-order valence-corrected chi connectivity index (χ2v) is 9.76. The molecule has 0 saturated carbocycles. The van der Waals surface area contributed by atoms with Gasteiger partial charge in [0.2, 0.25) is 0 Å². The summed E-state index contributed by atoms with van der Waals surface area (Å²) in [5.74, 6) is 0.799. The zero-order chi connectivity index (χ0) is 22.4. The number of thiophene rings is 1. The number of halogens is 1. The van der Waals surface area contributed by atoms with Crippen LogP contribution in [-0.2, 0) is 0 Å². The van der Waals surface area contributed by atoms with Crippen LogP contribution < -0.4 is 10.5 Å². The van der Waals surface area contributed by atoms with Crippen molar-refractivity contribution in [3.05, 3.63) is 76.3 Å². The summed E-state index contributed by atoms with van der Waals surface area (Å²) in [6.45, 7) is 1.26. The number of fused-ring (bicyclic) bond motifs is 1. The van der Waals surface area contributed by atoms with E-state index in [0.29, 0.717) is 22.0 Å². The van der Waals surface area contributed by atoms with Crippen molar-refractivity contribution in [3.63, 3.8) is 0 Å². The van der Waals surface area contributed by atoms with E-state index >= 15 is 0 Å². The molecule has 4 heterocycles. The number of rotatable bonds is 4. The van der Waals surface area contributed by atoms with Crippen molar-refractivity contribution in [3.8, 4) is 16.1 Å². The van der Waals surface area contributed by atoms with Gasteiger partial charge in [-0.3, -0.25) is 9.36 Å². The molecule has 1 N–H and O–H groups in total.